The van der Waals surface area contributed by atoms with Crippen molar-refractivity contribution in [2.75, 3.05) is 26.2 Å². The van der Waals surface area contributed by atoms with Gasteiger partial charge < -0.3 is 9.80 Å². The van der Waals surface area contributed by atoms with Crippen molar-refractivity contribution < 1.29 is 22.8 Å². The number of benzene rings is 1. The number of aromatic nitrogens is 2. The second kappa shape index (κ2) is 7.53. The Morgan fingerprint density at radius 2 is 1.59 bits per heavy atom. The van der Waals surface area contributed by atoms with Gasteiger partial charge in [0.1, 0.15) is 0 Å². The fourth-order valence-electron chi connectivity index (χ4n) is 3.81. The van der Waals surface area contributed by atoms with Crippen molar-refractivity contribution in [2.45, 2.75) is 32.0 Å². The lowest BCUT2D eigenvalue weighted by molar-refractivity contribution is -0.137. The average molecular weight is 406 g/mol. The van der Waals surface area contributed by atoms with Crippen molar-refractivity contribution in [1.29, 1.82) is 0 Å². The van der Waals surface area contributed by atoms with Gasteiger partial charge in [-0.05, 0) is 43.5 Å². The van der Waals surface area contributed by atoms with E-state index in [1.54, 1.807) is 4.90 Å². The Labute approximate surface area is 165 Å². The Morgan fingerprint density at radius 1 is 0.897 bits per heavy atom. The topological polar surface area (TPSA) is 58.4 Å². The van der Waals surface area contributed by atoms with Gasteiger partial charge in [-0.2, -0.15) is 18.3 Å². The first kappa shape index (κ1) is 19.5. The number of nitrogens with zero attached hydrogens (tertiary/aromatic N) is 4. The van der Waals surface area contributed by atoms with Crippen LogP contribution in [-0.4, -0.2) is 57.6 Å². The number of piperazine rings is 1. The summed E-state index contributed by atoms with van der Waals surface area (Å²) < 4.78 is 40.5. The lowest BCUT2D eigenvalue weighted by Crippen LogP contribution is -2.50. The number of carbonyl (C=O) groups is 2. The van der Waals surface area contributed by atoms with Gasteiger partial charge in [0.15, 0.2) is 5.69 Å². The molecule has 1 aromatic heterocycles. The van der Waals surface area contributed by atoms with Gasteiger partial charge in [-0.25, -0.2) is 0 Å². The Bertz CT molecular complexity index is 907. The summed E-state index contributed by atoms with van der Waals surface area (Å²) in [5, 5.41) is 4.40. The maximum atomic E-state index is 12.9. The molecule has 0 unspecified atom stereocenters. The average Bonchev–Trinajstić information content (AvgIpc) is 3.16. The van der Waals surface area contributed by atoms with Crippen molar-refractivity contribution in [3.8, 4) is 0 Å². The van der Waals surface area contributed by atoms with E-state index < -0.39 is 17.6 Å². The van der Waals surface area contributed by atoms with Crippen LogP contribution in [0.3, 0.4) is 0 Å². The molecule has 0 radical (unpaired) electrons. The standard InChI is InChI=1S/C20H21F3N4O2/c21-20(22,23)15-5-3-4-14(12-15)18(28)25-8-10-26(11-9-25)19(29)17-13-16-6-1-2-7-27(16)24-17/h3-5,12-13H,1-2,6-11H2. The third-order valence-corrected chi connectivity index (χ3v) is 5.43. The molecule has 154 valence electrons. The van der Waals surface area contributed by atoms with E-state index in [1.165, 1.54) is 17.0 Å². The molecular weight excluding hydrogens is 385 g/mol. The Morgan fingerprint density at radius 3 is 2.24 bits per heavy atom. The van der Waals surface area contributed by atoms with Gasteiger partial charge in [-0.3, -0.25) is 14.3 Å². The molecule has 2 aliphatic rings. The van der Waals surface area contributed by atoms with E-state index >= 15 is 0 Å². The van der Waals surface area contributed by atoms with Crippen molar-refractivity contribution in [2.24, 2.45) is 0 Å². The van der Waals surface area contributed by atoms with E-state index in [0.29, 0.717) is 18.8 Å². The van der Waals surface area contributed by atoms with Crippen molar-refractivity contribution >= 4 is 11.8 Å². The summed E-state index contributed by atoms with van der Waals surface area (Å²) in [5.74, 6) is -0.626. The molecule has 0 spiro atoms. The van der Waals surface area contributed by atoms with E-state index in [1.807, 2.05) is 10.7 Å². The van der Waals surface area contributed by atoms with Gasteiger partial charge >= 0.3 is 6.18 Å². The highest BCUT2D eigenvalue weighted by Crippen LogP contribution is 2.30. The summed E-state index contributed by atoms with van der Waals surface area (Å²) in [6.45, 7) is 2.02. The largest absolute Gasteiger partial charge is 0.416 e. The molecular formula is C20H21F3N4O2. The van der Waals surface area contributed by atoms with Crippen molar-refractivity contribution in [3.63, 3.8) is 0 Å². The number of fused-ring (bicyclic) bond motifs is 1. The summed E-state index contributed by atoms with van der Waals surface area (Å²) in [4.78, 5) is 28.5. The zero-order chi connectivity index (χ0) is 20.6. The van der Waals surface area contributed by atoms with Gasteiger partial charge in [-0.15, -0.1) is 0 Å². The number of carbonyl (C=O) groups excluding carboxylic acids is 2. The first-order chi connectivity index (χ1) is 13.8. The number of alkyl halides is 3. The van der Waals surface area contributed by atoms with Gasteiger partial charge in [0.05, 0.1) is 5.56 Å². The number of aryl methyl sites for hydroxylation is 2. The van der Waals surface area contributed by atoms with Gasteiger partial charge in [0, 0.05) is 44.0 Å². The van der Waals surface area contributed by atoms with Crippen LogP contribution in [0.25, 0.3) is 0 Å². The zero-order valence-corrected chi connectivity index (χ0v) is 15.8. The molecule has 1 saturated heterocycles. The summed E-state index contributed by atoms with van der Waals surface area (Å²) in [6, 6.07) is 6.26. The van der Waals surface area contributed by atoms with Crippen LogP contribution < -0.4 is 0 Å². The maximum Gasteiger partial charge on any atom is 0.416 e. The summed E-state index contributed by atoms with van der Waals surface area (Å²) in [5.41, 5.74) is 0.639. The molecule has 0 bridgehead atoms. The van der Waals surface area contributed by atoms with Crippen molar-refractivity contribution in [3.05, 3.63) is 52.8 Å². The quantitative estimate of drug-likeness (QED) is 0.771. The molecule has 1 aromatic carbocycles. The van der Waals surface area contributed by atoms with Crippen LogP contribution in [0.5, 0.6) is 0 Å². The Balaban J connectivity index is 1.39. The smallest absolute Gasteiger partial charge is 0.335 e. The summed E-state index contributed by atoms with van der Waals surface area (Å²) in [7, 11) is 0. The third kappa shape index (κ3) is 3.99. The lowest BCUT2D eigenvalue weighted by atomic mass is 10.1. The molecule has 0 atom stereocenters. The van der Waals surface area contributed by atoms with Crippen LogP contribution in [0.15, 0.2) is 30.3 Å². The molecule has 3 heterocycles. The van der Waals surface area contributed by atoms with Gasteiger partial charge in [0.2, 0.25) is 0 Å². The summed E-state index contributed by atoms with van der Waals surface area (Å²) in [6.07, 6.45) is -1.43. The normalized spacial score (nSPS) is 17.2. The highest BCUT2D eigenvalue weighted by molar-refractivity contribution is 5.95. The molecule has 29 heavy (non-hydrogen) atoms. The lowest BCUT2D eigenvalue weighted by Gasteiger charge is -2.34. The SMILES string of the molecule is O=C(c1cccc(C(F)(F)F)c1)N1CCN(C(=O)c2cc3n(n2)CCCC3)CC1. The minimum atomic E-state index is -4.49. The predicted octanol–water partition coefficient (Wildman–Crippen LogP) is 2.84. The number of amides is 2. The van der Waals surface area contributed by atoms with Crippen LogP contribution in [0.2, 0.25) is 0 Å². The fourth-order valence-corrected chi connectivity index (χ4v) is 3.81. The van der Waals surface area contributed by atoms with Crippen LogP contribution in [0.1, 0.15) is 44.9 Å². The maximum absolute atomic E-state index is 12.9. The molecule has 0 saturated carbocycles. The molecule has 2 aliphatic heterocycles. The van der Waals surface area contributed by atoms with E-state index in [4.69, 9.17) is 0 Å². The first-order valence-corrected chi connectivity index (χ1v) is 9.65. The molecule has 2 aromatic rings. The molecule has 0 aliphatic carbocycles. The number of rotatable bonds is 2. The van der Waals surface area contributed by atoms with E-state index in [0.717, 1.165) is 43.6 Å². The molecule has 4 rings (SSSR count). The molecule has 6 nitrogen and oxygen atoms in total. The second-order valence-electron chi connectivity index (χ2n) is 7.36. The molecule has 2 amide bonds. The number of halogens is 3. The molecule has 9 heteroatoms. The zero-order valence-electron chi connectivity index (χ0n) is 15.8. The first-order valence-electron chi connectivity index (χ1n) is 9.65. The van der Waals surface area contributed by atoms with Crippen LogP contribution in [0, 0.1) is 0 Å². The minimum Gasteiger partial charge on any atom is -0.335 e. The third-order valence-electron chi connectivity index (χ3n) is 5.43. The van der Waals surface area contributed by atoms with Crippen LogP contribution in [-0.2, 0) is 19.1 Å². The number of hydrogen-bond donors (Lipinski definition) is 0. The predicted molar refractivity (Wildman–Crippen MR) is 98.4 cm³/mol. The molecule has 0 N–H and O–H groups in total. The van der Waals surface area contributed by atoms with Gasteiger partial charge in [-0.1, -0.05) is 6.07 Å². The minimum absolute atomic E-state index is 0.00128. The van der Waals surface area contributed by atoms with Gasteiger partial charge in [0.25, 0.3) is 11.8 Å². The monoisotopic (exact) mass is 406 g/mol. The fraction of sp³-hybridized carbons (Fsp3) is 0.450. The highest BCUT2D eigenvalue weighted by atomic mass is 19.4. The highest BCUT2D eigenvalue weighted by Gasteiger charge is 2.32. The summed E-state index contributed by atoms with van der Waals surface area (Å²) >= 11 is 0. The second-order valence-corrected chi connectivity index (χ2v) is 7.36. The van der Waals surface area contributed by atoms with Crippen LogP contribution >= 0.6 is 0 Å². The molecule has 1 fully saturated rings. The van der Waals surface area contributed by atoms with Crippen molar-refractivity contribution in [1.82, 2.24) is 19.6 Å². The Kier molecular flexibility index (Phi) is 5.06. The number of hydrogen-bond acceptors (Lipinski definition) is 3. The van der Waals surface area contributed by atoms with Crippen LogP contribution in [0.4, 0.5) is 13.2 Å². The van der Waals surface area contributed by atoms with E-state index in [2.05, 4.69) is 5.10 Å². The Hall–Kier alpha value is -2.84. The van der Waals surface area contributed by atoms with E-state index in [9.17, 15) is 22.8 Å². The van der Waals surface area contributed by atoms with E-state index in [-0.39, 0.29) is 24.6 Å².